The third kappa shape index (κ3) is 2.30. The van der Waals surface area contributed by atoms with Gasteiger partial charge >= 0.3 is 5.97 Å². The van der Waals surface area contributed by atoms with Crippen molar-refractivity contribution in [3.63, 3.8) is 0 Å². The van der Waals surface area contributed by atoms with Crippen LogP contribution in [0.3, 0.4) is 0 Å². The molecule has 0 bridgehead atoms. The molecule has 2 heterocycles. The number of hydrogen-bond donors (Lipinski definition) is 2. The standard InChI is InChI=1S/C16H18N4O3/c1-9-13(11-7-5-6-8-12(11)22-3)15-18-17-14(16(21)23-4)10(2)20(15)19-9/h5-8,17-18H,1-4H3. The number of aromatic nitrogens is 2. The molecule has 1 aromatic heterocycles. The molecule has 0 saturated carbocycles. The molecule has 0 radical (unpaired) electrons. The number of hydrazine groups is 1. The number of benzene rings is 1. The SMILES string of the molecule is COC(=O)C1=C(C)n2nc(C)c(-c3ccccc3OC)c2NN1. The minimum Gasteiger partial charge on any atom is -0.496 e. The third-order valence-electron chi connectivity index (χ3n) is 3.81. The number of methoxy groups -OCH3 is 2. The average Bonchev–Trinajstić information content (AvgIpc) is 2.91. The zero-order chi connectivity index (χ0) is 16.6. The lowest BCUT2D eigenvalue weighted by Gasteiger charge is -2.22. The van der Waals surface area contributed by atoms with Gasteiger partial charge in [0, 0.05) is 5.56 Å². The number of carbonyl (C=O) groups is 1. The van der Waals surface area contributed by atoms with Gasteiger partial charge in [0.2, 0.25) is 0 Å². The summed E-state index contributed by atoms with van der Waals surface area (Å²) in [6.45, 7) is 3.72. The predicted octanol–water partition coefficient (Wildman–Crippen LogP) is 2.16. The van der Waals surface area contributed by atoms with E-state index in [9.17, 15) is 4.79 Å². The number of anilines is 1. The smallest absolute Gasteiger partial charge is 0.357 e. The van der Waals surface area contributed by atoms with Gasteiger partial charge < -0.3 is 9.47 Å². The number of nitrogens with one attached hydrogen (secondary N) is 2. The molecule has 0 saturated heterocycles. The van der Waals surface area contributed by atoms with E-state index in [1.807, 2.05) is 38.1 Å². The number of carbonyl (C=O) groups excluding carboxylic acids is 1. The highest BCUT2D eigenvalue weighted by Gasteiger charge is 2.27. The quantitative estimate of drug-likeness (QED) is 0.846. The molecule has 2 aromatic rings. The summed E-state index contributed by atoms with van der Waals surface area (Å²) in [5, 5.41) is 4.54. The zero-order valence-electron chi connectivity index (χ0n) is 13.4. The van der Waals surface area contributed by atoms with Crippen molar-refractivity contribution >= 4 is 17.5 Å². The lowest BCUT2D eigenvalue weighted by Crippen LogP contribution is -2.34. The lowest BCUT2D eigenvalue weighted by atomic mass is 10.0. The van der Waals surface area contributed by atoms with Crippen molar-refractivity contribution in [2.24, 2.45) is 0 Å². The van der Waals surface area contributed by atoms with Crippen molar-refractivity contribution in [3.05, 3.63) is 35.7 Å². The van der Waals surface area contributed by atoms with E-state index in [2.05, 4.69) is 16.0 Å². The molecule has 7 nitrogen and oxygen atoms in total. The monoisotopic (exact) mass is 314 g/mol. The summed E-state index contributed by atoms with van der Waals surface area (Å²) in [4.78, 5) is 11.8. The molecule has 1 aromatic carbocycles. The van der Waals surface area contributed by atoms with Crippen LogP contribution in [0.15, 0.2) is 30.0 Å². The number of esters is 1. The molecule has 7 heteroatoms. The third-order valence-corrected chi connectivity index (χ3v) is 3.81. The van der Waals surface area contributed by atoms with Gasteiger partial charge in [0.1, 0.15) is 5.75 Å². The summed E-state index contributed by atoms with van der Waals surface area (Å²) in [5.41, 5.74) is 9.58. The van der Waals surface area contributed by atoms with E-state index in [0.717, 1.165) is 28.4 Å². The first-order chi connectivity index (χ1) is 11.1. The first-order valence-electron chi connectivity index (χ1n) is 7.13. The summed E-state index contributed by atoms with van der Waals surface area (Å²) in [7, 11) is 2.98. The van der Waals surface area contributed by atoms with Crippen LogP contribution in [0.5, 0.6) is 5.75 Å². The van der Waals surface area contributed by atoms with Crippen LogP contribution in [0.1, 0.15) is 12.6 Å². The Bertz CT molecular complexity index is 808. The van der Waals surface area contributed by atoms with Crippen molar-refractivity contribution < 1.29 is 14.3 Å². The molecule has 2 N–H and O–H groups in total. The van der Waals surface area contributed by atoms with Gasteiger partial charge in [0.05, 0.1) is 31.2 Å². The summed E-state index contributed by atoms with van der Waals surface area (Å²) in [6, 6.07) is 7.73. The van der Waals surface area contributed by atoms with E-state index in [0.29, 0.717) is 11.4 Å². The molecule has 0 aliphatic carbocycles. The summed E-state index contributed by atoms with van der Waals surface area (Å²) in [5.74, 6) is 1.05. The van der Waals surface area contributed by atoms with Crippen molar-refractivity contribution in [2.75, 3.05) is 19.6 Å². The molecule has 23 heavy (non-hydrogen) atoms. The van der Waals surface area contributed by atoms with Crippen molar-refractivity contribution in [1.29, 1.82) is 0 Å². The number of fused-ring (bicyclic) bond motifs is 1. The van der Waals surface area contributed by atoms with Crippen molar-refractivity contribution in [2.45, 2.75) is 13.8 Å². The highest BCUT2D eigenvalue weighted by atomic mass is 16.5. The van der Waals surface area contributed by atoms with Crippen LogP contribution in [0, 0.1) is 6.92 Å². The first kappa shape index (κ1) is 15.0. The maximum Gasteiger partial charge on any atom is 0.357 e. The molecule has 1 aliphatic heterocycles. The van der Waals surface area contributed by atoms with Crippen LogP contribution in [0.2, 0.25) is 0 Å². The molecule has 0 spiro atoms. The fourth-order valence-electron chi connectivity index (χ4n) is 2.68. The molecular weight excluding hydrogens is 296 g/mol. The van der Waals surface area contributed by atoms with Crippen molar-refractivity contribution in [3.8, 4) is 16.9 Å². The van der Waals surface area contributed by atoms with Gasteiger partial charge in [0.15, 0.2) is 11.5 Å². The minimum atomic E-state index is -0.451. The Hall–Kier alpha value is -2.96. The Labute approximate surface area is 133 Å². The Morgan fingerprint density at radius 2 is 1.91 bits per heavy atom. The molecular formula is C16H18N4O3. The van der Waals surface area contributed by atoms with Gasteiger partial charge in [0.25, 0.3) is 0 Å². The minimum absolute atomic E-state index is 0.328. The maximum atomic E-state index is 11.8. The molecule has 0 amide bonds. The van der Waals surface area contributed by atoms with E-state index in [1.165, 1.54) is 7.11 Å². The van der Waals surface area contributed by atoms with Crippen molar-refractivity contribution in [1.82, 2.24) is 15.2 Å². The summed E-state index contributed by atoms with van der Waals surface area (Å²) >= 11 is 0. The van der Waals surface area contributed by atoms with Crippen LogP contribution >= 0.6 is 0 Å². The normalized spacial score (nSPS) is 13.0. The topological polar surface area (TPSA) is 77.4 Å². The second-order valence-electron chi connectivity index (χ2n) is 5.12. The van der Waals surface area contributed by atoms with Gasteiger partial charge in [-0.1, -0.05) is 18.2 Å². The van der Waals surface area contributed by atoms with Gasteiger partial charge in [-0.25, -0.2) is 9.48 Å². The van der Waals surface area contributed by atoms with Gasteiger partial charge in [-0.05, 0) is 19.9 Å². The molecule has 1 aliphatic rings. The van der Waals surface area contributed by atoms with Crippen LogP contribution in [-0.4, -0.2) is 30.0 Å². The number of nitrogens with zero attached hydrogens (tertiary/aromatic N) is 2. The second kappa shape index (κ2) is 5.68. The number of allylic oxidation sites excluding steroid dienone is 1. The first-order valence-corrected chi connectivity index (χ1v) is 7.13. The van der Waals surface area contributed by atoms with Crippen LogP contribution in [0.25, 0.3) is 16.8 Å². The highest BCUT2D eigenvalue weighted by molar-refractivity contribution is 5.96. The molecule has 0 fully saturated rings. The Kier molecular flexibility index (Phi) is 3.69. The maximum absolute atomic E-state index is 11.8. The van der Waals surface area contributed by atoms with Gasteiger partial charge in [-0.3, -0.25) is 10.9 Å². The van der Waals surface area contributed by atoms with E-state index < -0.39 is 5.97 Å². The predicted molar refractivity (Wildman–Crippen MR) is 86.6 cm³/mol. The van der Waals surface area contributed by atoms with Gasteiger partial charge in [-0.15, -0.1) is 0 Å². The number of hydrogen-bond acceptors (Lipinski definition) is 6. The Balaban J connectivity index is 2.18. The molecule has 120 valence electrons. The van der Waals surface area contributed by atoms with E-state index in [1.54, 1.807) is 11.8 Å². The van der Waals surface area contributed by atoms with Crippen LogP contribution in [0.4, 0.5) is 5.82 Å². The molecule has 3 rings (SSSR count). The summed E-state index contributed by atoms with van der Waals surface area (Å²) in [6.07, 6.45) is 0. The van der Waals surface area contributed by atoms with E-state index in [4.69, 9.17) is 9.47 Å². The fourth-order valence-corrected chi connectivity index (χ4v) is 2.68. The summed E-state index contributed by atoms with van der Waals surface area (Å²) < 4.78 is 11.9. The largest absolute Gasteiger partial charge is 0.496 e. The van der Waals surface area contributed by atoms with E-state index in [-0.39, 0.29) is 0 Å². The Morgan fingerprint density at radius 1 is 1.17 bits per heavy atom. The number of rotatable bonds is 3. The highest BCUT2D eigenvalue weighted by Crippen LogP contribution is 2.39. The molecule has 0 unspecified atom stereocenters. The number of para-hydroxylation sites is 1. The average molecular weight is 314 g/mol. The van der Waals surface area contributed by atoms with E-state index >= 15 is 0 Å². The Morgan fingerprint density at radius 3 is 2.61 bits per heavy atom. The van der Waals surface area contributed by atoms with Crippen LogP contribution < -0.4 is 15.6 Å². The number of ether oxygens (including phenoxy) is 2. The fraction of sp³-hybridized carbons (Fsp3) is 0.250. The zero-order valence-corrected chi connectivity index (χ0v) is 13.4. The lowest BCUT2D eigenvalue weighted by molar-refractivity contribution is -0.136. The second-order valence-corrected chi connectivity index (χ2v) is 5.12. The van der Waals surface area contributed by atoms with Crippen LogP contribution in [-0.2, 0) is 9.53 Å². The number of aryl methyl sites for hydroxylation is 1. The van der Waals surface area contributed by atoms with Gasteiger partial charge in [-0.2, -0.15) is 5.10 Å². The molecule has 0 atom stereocenters.